The van der Waals surface area contributed by atoms with E-state index >= 15 is 0 Å². The van der Waals surface area contributed by atoms with Crippen LogP contribution in [0.5, 0.6) is 5.88 Å². The molecule has 0 saturated heterocycles. The van der Waals surface area contributed by atoms with Crippen LogP contribution in [0.25, 0.3) is 0 Å². The van der Waals surface area contributed by atoms with Crippen LogP contribution in [0.1, 0.15) is 46.6 Å². The third-order valence-corrected chi connectivity index (χ3v) is 2.96. The number of hydrogen-bond donors (Lipinski definition) is 1. The average molecular weight is 236 g/mol. The summed E-state index contributed by atoms with van der Waals surface area (Å²) in [4.78, 5) is 4.30. The van der Waals surface area contributed by atoms with Crippen molar-refractivity contribution in [3.63, 3.8) is 0 Å². The lowest BCUT2D eigenvalue weighted by molar-refractivity contribution is 0.218. The van der Waals surface area contributed by atoms with Gasteiger partial charge in [-0.3, -0.25) is 0 Å². The van der Waals surface area contributed by atoms with Gasteiger partial charge >= 0.3 is 0 Å². The monoisotopic (exact) mass is 236 g/mol. The van der Waals surface area contributed by atoms with Crippen LogP contribution in [0.3, 0.4) is 0 Å². The highest BCUT2D eigenvalue weighted by molar-refractivity contribution is 5.23. The normalized spacial score (nSPS) is 15.4. The Labute approximate surface area is 104 Å². The number of nitrogens with two attached hydrogens (primary N) is 1. The lowest BCUT2D eigenvalue weighted by Crippen LogP contribution is -2.41. The van der Waals surface area contributed by atoms with Gasteiger partial charge in [0.25, 0.3) is 0 Å². The summed E-state index contributed by atoms with van der Waals surface area (Å²) < 4.78 is 5.59. The fraction of sp³-hybridized carbons (Fsp3) is 0.643. The van der Waals surface area contributed by atoms with Gasteiger partial charge in [0.15, 0.2) is 0 Å². The molecule has 3 nitrogen and oxygen atoms in total. The quantitative estimate of drug-likeness (QED) is 0.874. The molecule has 1 heterocycles. The van der Waals surface area contributed by atoms with E-state index in [1.807, 2.05) is 19.2 Å². The lowest BCUT2D eigenvalue weighted by Gasteiger charge is -2.23. The van der Waals surface area contributed by atoms with Gasteiger partial charge in [-0.1, -0.05) is 33.8 Å². The minimum atomic E-state index is -0.287. The van der Waals surface area contributed by atoms with Gasteiger partial charge < -0.3 is 10.5 Å². The number of nitrogens with zero attached hydrogens (tertiary/aromatic N) is 1. The fourth-order valence-electron chi connectivity index (χ4n) is 1.25. The molecule has 0 aliphatic carbocycles. The van der Waals surface area contributed by atoms with E-state index in [0.29, 0.717) is 12.5 Å². The first-order valence-corrected chi connectivity index (χ1v) is 6.13. The molecule has 0 saturated carbocycles. The summed E-state index contributed by atoms with van der Waals surface area (Å²) in [5.74, 6) is 0.642. The van der Waals surface area contributed by atoms with E-state index < -0.39 is 0 Å². The molecule has 0 spiro atoms. The van der Waals surface area contributed by atoms with Crippen molar-refractivity contribution in [2.75, 3.05) is 6.61 Å². The Morgan fingerprint density at radius 3 is 2.29 bits per heavy atom. The van der Waals surface area contributed by atoms with Crippen molar-refractivity contribution >= 4 is 0 Å². The minimum absolute atomic E-state index is 0.122. The van der Waals surface area contributed by atoms with E-state index in [-0.39, 0.29) is 11.0 Å². The van der Waals surface area contributed by atoms with Gasteiger partial charge in [0.2, 0.25) is 5.88 Å². The van der Waals surface area contributed by atoms with Crippen molar-refractivity contribution in [3.05, 3.63) is 23.9 Å². The Morgan fingerprint density at radius 1 is 1.24 bits per heavy atom. The summed E-state index contributed by atoms with van der Waals surface area (Å²) in [6, 6.07) is 3.97. The van der Waals surface area contributed by atoms with Crippen LogP contribution in [0.2, 0.25) is 0 Å². The maximum Gasteiger partial charge on any atom is 0.213 e. The first-order valence-electron chi connectivity index (χ1n) is 6.13. The van der Waals surface area contributed by atoms with E-state index in [1.54, 1.807) is 0 Å². The highest BCUT2D eigenvalue weighted by Gasteiger charge is 2.17. The van der Waals surface area contributed by atoms with Crippen LogP contribution in [0.4, 0.5) is 0 Å². The van der Waals surface area contributed by atoms with Crippen LogP contribution in [0, 0.1) is 0 Å². The molecule has 0 aromatic carbocycles. The van der Waals surface area contributed by atoms with Crippen molar-refractivity contribution in [1.82, 2.24) is 4.98 Å². The van der Waals surface area contributed by atoms with E-state index in [1.165, 1.54) is 5.56 Å². The third-order valence-electron chi connectivity index (χ3n) is 2.96. The minimum Gasteiger partial charge on any atom is -0.476 e. The molecule has 17 heavy (non-hydrogen) atoms. The van der Waals surface area contributed by atoms with Crippen LogP contribution in [-0.2, 0) is 5.41 Å². The molecular formula is C14H24N2O. The summed E-state index contributed by atoms with van der Waals surface area (Å²) >= 11 is 0. The SMILES string of the molecule is CCC(C)(N)COc1ccc(C(C)(C)C)cn1. The topological polar surface area (TPSA) is 48.1 Å². The van der Waals surface area contributed by atoms with Crippen LogP contribution in [0.15, 0.2) is 18.3 Å². The predicted molar refractivity (Wildman–Crippen MR) is 71.3 cm³/mol. The molecule has 0 radical (unpaired) electrons. The Morgan fingerprint density at radius 2 is 1.88 bits per heavy atom. The molecule has 3 heteroatoms. The van der Waals surface area contributed by atoms with Gasteiger partial charge in [-0.15, -0.1) is 0 Å². The maximum atomic E-state index is 6.01. The van der Waals surface area contributed by atoms with E-state index in [2.05, 4.69) is 38.7 Å². The highest BCUT2D eigenvalue weighted by atomic mass is 16.5. The molecule has 1 aromatic rings. The fourth-order valence-corrected chi connectivity index (χ4v) is 1.25. The zero-order valence-corrected chi connectivity index (χ0v) is 11.6. The number of rotatable bonds is 4. The Kier molecular flexibility index (Phi) is 4.15. The molecule has 0 aliphatic heterocycles. The van der Waals surface area contributed by atoms with Gasteiger partial charge in [0.1, 0.15) is 6.61 Å². The molecule has 96 valence electrons. The van der Waals surface area contributed by atoms with Crippen LogP contribution >= 0.6 is 0 Å². The summed E-state index contributed by atoms with van der Waals surface area (Å²) in [6.45, 7) is 11.0. The van der Waals surface area contributed by atoms with Crippen molar-refractivity contribution in [1.29, 1.82) is 0 Å². The molecule has 2 N–H and O–H groups in total. The Hall–Kier alpha value is -1.09. The largest absolute Gasteiger partial charge is 0.476 e. The van der Waals surface area contributed by atoms with Gasteiger partial charge in [-0.05, 0) is 24.3 Å². The average Bonchev–Trinajstić information content (AvgIpc) is 2.26. The highest BCUT2D eigenvalue weighted by Crippen LogP contribution is 2.22. The van der Waals surface area contributed by atoms with Crippen LogP contribution in [-0.4, -0.2) is 17.1 Å². The van der Waals surface area contributed by atoms with E-state index in [4.69, 9.17) is 10.5 Å². The van der Waals surface area contributed by atoms with E-state index in [0.717, 1.165) is 6.42 Å². The Bertz CT molecular complexity index is 349. The second kappa shape index (κ2) is 5.05. The van der Waals surface area contributed by atoms with Crippen molar-refractivity contribution < 1.29 is 4.74 Å². The predicted octanol–water partition coefficient (Wildman–Crippen LogP) is 2.89. The van der Waals surface area contributed by atoms with Gasteiger partial charge in [-0.25, -0.2) is 4.98 Å². The zero-order valence-electron chi connectivity index (χ0n) is 11.6. The van der Waals surface area contributed by atoms with Gasteiger partial charge in [0.05, 0.1) is 0 Å². The standard InChI is InChI=1S/C14H24N2O/c1-6-14(5,15)10-17-12-8-7-11(9-16-12)13(2,3)4/h7-9H,6,10,15H2,1-5H3. The molecule has 0 amide bonds. The second-order valence-electron chi connectivity index (χ2n) is 5.93. The molecule has 1 unspecified atom stereocenters. The number of ether oxygens (including phenoxy) is 1. The number of pyridine rings is 1. The Balaban J connectivity index is 2.64. The van der Waals surface area contributed by atoms with Gasteiger partial charge in [-0.2, -0.15) is 0 Å². The van der Waals surface area contributed by atoms with Crippen LogP contribution < -0.4 is 10.5 Å². The van der Waals surface area contributed by atoms with E-state index in [9.17, 15) is 0 Å². The maximum absolute atomic E-state index is 6.01. The molecule has 0 aliphatic rings. The lowest BCUT2D eigenvalue weighted by atomic mass is 9.88. The number of hydrogen-bond acceptors (Lipinski definition) is 3. The van der Waals surface area contributed by atoms with Crippen molar-refractivity contribution in [3.8, 4) is 5.88 Å². The zero-order chi connectivity index (χ0) is 13.1. The summed E-state index contributed by atoms with van der Waals surface area (Å²) in [7, 11) is 0. The summed E-state index contributed by atoms with van der Waals surface area (Å²) in [5.41, 5.74) is 7.05. The van der Waals surface area contributed by atoms with Gasteiger partial charge in [0, 0.05) is 17.8 Å². The third kappa shape index (κ3) is 4.35. The second-order valence-corrected chi connectivity index (χ2v) is 5.93. The molecule has 1 atom stereocenters. The molecule has 1 rings (SSSR count). The molecule has 0 fully saturated rings. The van der Waals surface area contributed by atoms with Crippen molar-refractivity contribution in [2.24, 2.45) is 5.73 Å². The smallest absolute Gasteiger partial charge is 0.213 e. The molecule has 0 bridgehead atoms. The first kappa shape index (κ1) is 14.0. The number of aromatic nitrogens is 1. The van der Waals surface area contributed by atoms with Crippen molar-refractivity contribution in [2.45, 2.75) is 52.0 Å². The molecular weight excluding hydrogens is 212 g/mol. The summed E-state index contributed by atoms with van der Waals surface area (Å²) in [6.07, 6.45) is 2.75. The summed E-state index contributed by atoms with van der Waals surface area (Å²) in [5, 5.41) is 0. The first-order chi connectivity index (χ1) is 7.74. The molecule has 1 aromatic heterocycles.